The van der Waals surface area contributed by atoms with Gasteiger partial charge in [-0.05, 0) is 37.6 Å². The lowest BCUT2D eigenvalue weighted by atomic mass is 9.98. The van der Waals surface area contributed by atoms with E-state index < -0.39 is 0 Å². The van der Waals surface area contributed by atoms with Gasteiger partial charge in [-0.1, -0.05) is 48.5 Å². The second kappa shape index (κ2) is 8.61. The van der Waals surface area contributed by atoms with Crippen LogP contribution in [0.5, 0.6) is 0 Å². The first-order valence-electron chi connectivity index (χ1n) is 9.78. The summed E-state index contributed by atoms with van der Waals surface area (Å²) in [5.41, 5.74) is 5.41. The zero-order valence-electron chi connectivity index (χ0n) is 16.8. The monoisotopic (exact) mass is 398 g/mol. The number of anilines is 2. The summed E-state index contributed by atoms with van der Waals surface area (Å²) >= 11 is 0. The summed E-state index contributed by atoms with van der Waals surface area (Å²) in [7, 11) is 0. The van der Waals surface area contributed by atoms with Gasteiger partial charge >= 0.3 is 5.97 Å². The van der Waals surface area contributed by atoms with Gasteiger partial charge < -0.3 is 15.0 Å². The van der Waals surface area contributed by atoms with E-state index in [0.717, 1.165) is 28.1 Å². The van der Waals surface area contributed by atoms with Crippen molar-refractivity contribution in [2.45, 2.75) is 13.8 Å². The van der Waals surface area contributed by atoms with Gasteiger partial charge in [0.25, 0.3) is 0 Å². The fourth-order valence-corrected chi connectivity index (χ4v) is 3.40. The molecule has 4 aromatic rings. The van der Waals surface area contributed by atoms with Crippen LogP contribution < -0.4 is 5.32 Å². The molecule has 2 heterocycles. The Morgan fingerprint density at radius 3 is 2.40 bits per heavy atom. The highest BCUT2D eigenvalue weighted by molar-refractivity contribution is 6.01. The van der Waals surface area contributed by atoms with Crippen LogP contribution in [0.2, 0.25) is 0 Å². The number of H-pyrrole nitrogens is 1. The van der Waals surface area contributed by atoms with Crippen molar-refractivity contribution in [3.63, 3.8) is 0 Å². The number of nitrogens with zero attached hydrogens (tertiary/aromatic N) is 2. The summed E-state index contributed by atoms with van der Waals surface area (Å²) in [4.78, 5) is 24.9. The largest absolute Gasteiger partial charge is 0.461 e. The standard InChI is InChI=1S/C24H22N4O2/c1-3-30-23(29)22-21(17-10-6-4-7-11-17)20(16(2)26-22)19-14-15-25-24(28-19)27-18-12-8-5-9-13-18/h4-15,26H,3H2,1-2H3,(H,25,27,28). The molecule has 0 aliphatic carbocycles. The third kappa shape index (κ3) is 3.93. The van der Waals surface area contributed by atoms with E-state index in [2.05, 4.69) is 15.3 Å². The molecule has 6 nitrogen and oxygen atoms in total. The molecule has 0 aliphatic rings. The molecule has 0 amide bonds. The van der Waals surface area contributed by atoms with Gasteiger partial charge in [0.15, 0.2) is 0 Å². The minimum Gasteiger partial charge on any atom is -0.461 e. The summed E-state index contributed by atoms with van der Waals surface area (Å²) in [6.07, 6.45) is 1.71. The molecule has 2 aromatic carbocycles. The Labute approximate surface area is 175 Å². The lowest BCUT2D eigenvalue weighted by Crippen LogP contribution is -2.06. The number of hydrogen-bond acceptors (Lipinski definition) is 5. The molecule has 6 heteroatoms. The van der Waals surface area contributed by atoms with Crippen LogP contribution in [0.1, 0.15) is 23.1 Å². The van der Waals surface area contributed by atoms with E-state index in [1.807, 2.05) is 73.7 Å². The van der Waals surface area contributed by atoms with Crippen molar-refractivity contribution in [1.29, 1.82) is 0 Å². The van der Waals surface area contributed by atoms with E-state index in [9.17, 15) is 4.79 Å². The second-order valence-electron chi connectivity index (χ2n) is 6.72. The summed E-state index contributed by atoms with van der Waals surface area (Å²) < 4.78 is 5.28. The summed E-state index contributed by atoms with van der Waals surface area (Å²) in [5.74, 6) is 0.0957. The van der Waals surface area contributed by atoms with E-state index in [-0.39, 0.29) is 5.97 Å². The molecule has 0 spiro atoms. The van der Waals surface area contributed by atoms with E-state index in [0.29, 0.717) is 23.9 Å². The Hall–Kier alpha value is -3.93. The van der Waals surface area contributed by atoms with Gasteiger partial charge in [0, 0.05) is 28.7 Å². The molecule has 0 fully saturated rings. The zero-order valence-corrected chi connectivity index (χ0v) is 16.8. The molecular formula is C24H22N4O2. The SMILES string of the molecule is CCOC(=O)c1[nH]c(C)c(-c2ccnc(Nc3ccccc3)n2)c1-c1ccccc1. The Morgan fingerprint density at radius 2 is 1.70 bits per heavy atom. The maximum absolute atomic E-state index is 12.6. The molecule has 0 atom stereocenters. The highest BCUT2D eigenvalue weighted by Gasteiger charge is 2.24. The normalized spacial score (nSPS) is 10.6. The van der Waals surface area contributed by atoms with Crippen LogP contribution in [0.4, 0.5) is 11.6 Å². The van der Waals surface area contributed by atoms with E-state index in [1.165, 1.54) is 0 Å². The number of aryl methyl sites for hydroxylation is 1. The lowest BCUT2D eigenvalue weighted by Gasteiger charge is -2.10. The van der Waals surface area contributed by atoms with Crippen molar-refractivity contribution < 1.29 is 9.53 Å². The molecule has 2 N–H and O–H groups in total. The minimum atomic E-state index is -0.387. The van der Waals surface area contributed by atoms with Crippen LogP contribution in [0.15, 0.2) is 72.9 Å². The topological polar surface area (TPSA) is 79.9 Å². The van der Waals surface area contributed by atoms with E-state index in [4.69, 9.17) is 9.72 Å². The van der Waals surface area contributed by atoms with Crippen molar-refractivity contribution in [3.8, 4) is 22.4 Å². The Bertz CT molecular complexity index is 1150. The number of nitrogens with one attached hydrogen (secondary N) is 2. The Kier molecular flexibility index (Phi) is 5.57. The molecule has 4 rings (SSSR count). The highest BCUT2D eigenvalue weighted by atomic mass is 16.5. The smallest absolute Gasteiger partial charge is 0.355 e. The van der Waals surface area contributed by atoms with Gasteiger partial charge in [-0.15, -0.1) is 0 Å². The number of para-hydroxylation sites is 1. The fraction of sp³-hybridized carbons (Fsp3) is 0.125. The maximum Gasteiger partial charge on any atom is 0.355 e. The van der Waals surface area contributed by atoms with Crippen molar-refractivity contribution in [2.75, 3.05) is 11.9 Å². The number of hydrogen-bond donors (Lipinski definition) is 2. The molecule has 30 heavy (non-hydrogen) atoms. The zero-order chi connectivity index (χ0) is 20.9. The first-order valence-corrected chi connectivity index (χ1v) is 9.78. The van der Waals surface area contributed by atoms with Gasteiger partial charge in [-0.3, -0.25) is 0 Å². The van der Waals surface area contributed by atoms with E-state index in [1.54, 1.807) is 13.1 Å². The van der Waals surface area contributed by atoms with Crippen molar-refractivity contribution in [2.24, 2.45) is 0 Å². The molecule has 0 radical (unpaired) electrons. The molecular weight excluding hydrogens is 376 g/mol. The quantitative estimate of drug-likeness (QED) is 0.427. The van der Waals surface area contributed by atoms with Crippen LogP contribution in [-0.2, 0) is 4.74 Å². The lowest BCUT2D eigenvalue weighted by molar-refractivity contribution is 0.0521. The first kappa shape index (κ1) is 19.4. The number of rotatable bonds is 6. The predicted octanol–water partition coefficient (Wildman–Crippen LogP) is 5.37. The number of ether oxygens (including phenoxy) is 1. The van der Waals surface area contributed by atoms with Gasteiger partial charge in [0.2, 0.25) is 5.95 Å². The fourth-order valence-electron chi connectivity index (χ4n) is 3.40. The number of aromatic amines is 1. The third-order valence-electron chi connectivity index (χ3n) is 4.67. The highest BCUT2D eigenvalue weighted by Crippen LogP contribution is 2.37. The molecule has 0 bridgehead atoms. The Morgan fingerprint density at radius 1 is 1.00 bits per heavy atom. The number of aromatic nitrogens is 3. The van der Waals surface area contributed by atoms with Crippen molar-refractivity contribution in [1.82, 2.24) is 15.0 Å². The predicted molar refractivity (Wildman–Crippen MR) is 118 cm³/mol. The van der Waals surface area contributed by atoms with Crippen LogP contribution in [-0.4, -0.2) is 27.5 Å². The molecule has 0 saturated carbocycles. The van der Waals surface area contributed by atoms with Gasteiger partial charge in [0.1, 0.15) is 5.69 Å². The van der Waals surface area contributed by atoms with Crippen molar-refractivity contribution in [3.05, 3.63) is 84.3 Å². The summed E-state index contributed by atoms with van der Waals surface area (Å²) in [5, 5.41) is 3.22. The second-order valence-corrected chi connectivity index (χ2v) is 6.72. The maximum atomic E-state index is 12.6. The molecule has 2 aromatic heterocycles. The van der Waals surface area contributed by atoms with E-state index >= 15 is 0 Å². The Balaban J connectivity index is 1.83. The van der Waals surface area contributed by atoms with Crippen LogP contribution in [0.3, 0.4) is 0 Å². The van der Waals surface area contributed by atoms with Crippen LogP contribution >= 0.6 is 0 Å². The van der Waals surface area contributed by atoms with Gasteiger partial charge in [-0.25, -0.2) is 14.8 Å². The molecule has 0 aliphatic heterocycles. The molecule has 0 saturated heterocycles. The number of carbonyl (C=O) groups is 1. The number of esters is 1. The van der Waals surface area contributed by atoms with Gasteiger partial charge in [0.05, 0.1) is 12.3 Å². The van der Waals surface area contributed by atoms with Gasteiger partial charge in [-0.2, -0.15) is 0 Å². The number of carbonyl (C=O) groups excluding carboxylic acids is 1. The van der Waals surface area contributed by atoms with Crippen LogP contribution in [0.25, 0.3) is 22.4 Å². The summed E-state index contributed by atoms with van der Waals surface area (Å²) in [6.45, 7) is 4.03. The average Bonchev–Trinajstić information content (AvgIpc) is 3.13. The molecule has 150 valence electrons. The third-order valence-corrected chi connectivity index (χ3v) is 4.67. The average molecular weight is 398 g/mol. The molecule has 0 unspecified atom stereocenters. The van der Waals surface area contributed by atoms with Crippen LogP contribution in [0, 0.1) is 6.92 Å². The number of benzene rings is 2. The first-order chi connectivity index (χ1) is 14.7. The van der Waals surface area contributed by atoms with Crippen molar-refractivity contribution >= 4 is 17.6 Å². The summed E-state index contributed by atoms with van der Waals surface area (Å²) in [6, 6.07) is 21.4. The minimum absolute atomic E-state index is 0.305.